The van der Waals surface area contributed by atoms with Crippen LogP contribution in [0.5, 0.6) is 0 Å². The van der Waals surface area contributed by atoms with Gasteiger partial charge in [-0.1, -0.05) is 6.92 Å². The summed E-state index contributed by atoms with van der Waals surface area (Å²) < 4.78 is 54.6. The highest BCUT2D eigenvalue weighted by Crippen LogP contribution is 2.46. The molecule has 0 saturated carbocycles. The molecule has 1 amide bonds. The van der Waals surface area contributed by atoms with E-state index in [0.29, 0.717) is 17.8 Å². The Hall–Kier alpha value is -2.91. The van der Waals surface area contributed by atoms with E-state index in [1.54, 1.807) is 6.92 Å². The fraction of sp³-hybridized carbons (Fsp3) is 0.389. The molecule has 1 aliphatic rings. The molecular weight excluding hydrogens is 382 g/mol. The second-order valence-corrected chi connectivity index (χ2v) is 6.61. The number of carbonyl (C=O) groups is 2. The molecule has 2 heterocycles. The Morgan fingerprint density at radius 3 is 2.39 bits per heavy atom. The van der Waals surface area contributed by atoms with Crippen LogP contribution in [0.3, 0.4) is 0 Å². The van der Waals surface area contributed by atoms with Crippen LogP contribution in [0, 0.1) is 11.2 Å². The molecule has 3 rings (SSSR count). The number of rotatable bonds is 4. The molecular formula is C18H17F4N3O3. The summed E-state index contributed by atoms with van der Waals surface area (Å²) in [6, 6.07) is 5.38. The Morgan fingerprint density at radius 1 is 1.25 bits per heavy atom. The number of carboxylic acids is 1. The summed E-state index contributed by atoms with van der Waals surface area (Å²) in [6.07, 6.45) is -4.10. The van der Waals surface area contributed by atoms with Crippen molar-refractivity contribution >= 4 is 11.9 Å². The van der Waals surface area contributed by atoms with E-state index in [1.807, 2.05) is 0 Å². The lowest BCUT2D eigenvalue weighted by atomic mass is 9.86. The Morgan fingerprint density at radius 2 is 1.89 bits per heavy atom. The third-order valence-corrected chi connectivity index (χ3v) is 5.01. The molecule has 1 unspecified atom stereocenters. The number of hydrogen-bond acceptors (Lipinski definition) is 3. The van der Waals surface area contributed by atoms with Gasteiger partial charge in [0.05, 0.1) is 23.1 Å². The van der Waals surface area contributed by atoms with E-state index in [2.05, 4.69) is 5.10 Å². The Bertz CT molecular complexity index is 908. The summed E-state index contributed by atoms with van der Waals surface area (Å²) >= 11 is 0. The van der Waals surface area contributed by atoms with Crippen LogP contribution in [0.1, 0.15) is 29.4 Å². The number of benzene rings is 1. The van der Waals surface area contributed by atoms with Crippen molar-refractivity contribution in [2.75, 3.05) is 13.1 Å². The van der Waals surface area contributed by atoms with E-state index in [1.165, 1.54) is 35.1 Å². The maximum absolute atomic E-state index is 13.3. The van der Waals surface area contributed by atoms with Crippen LogP contribution in [0.25, 0.3) is 5.69 Å². The molecule has 150 valence electrons. The first-order valence-electron chi connectivity index (χ1n) is 8.53. The quantitative estimate of drug-likeness (QED) is 0.802. The lowest BCUT2D eigenvalue weighted by Gasteiger charge is -2.27. The average Bonchev–Trinajstić information content (AvgIpc) is 3.26. The van der Waals surface area contributed by atoms with E-state index in [4.69, 9.17) is 5.11 Å². The number of carboxylic acid groups (broad SMARTS) is 1. The highest BCUT2D eigenvalue weighted by molar-refractivity contribution is 5.96. The molecule has 10 heteroatoms. The van der Waals surface area contributed by atoms with Crippen molar-refractivity contribution in [3.05, 3.63) is 47.5 Å². The number of likely N-dealkylation sites (tertiary alicyclic amines) is 1. The number of nitrogens with zero attached hydrogens (tertiary/aromatic N) is 3. The van der Waals surface area contributed by atoms with Gasteiger partial charge in [0, 0.05) is 13.1 Å². The number of hydrogen-bond donors (Lipinski definition) is 1. The van der Waals surface area contributed by atoms with Crippen LogP contribution in [0.4, 0.5) is 17.6 Å². The molecule has 0 spiro atoms. The molecule has 0 bridgehead atoms. The number of alkyl halides is 3. The minimum Gasteiger partial charge on any atom is -0.481 e. The van der Waals surface area contributed by atoms with Gasteiger partial charge in [-0.2, -0.15) is 18.3 Å². The number of amides is 1. The first-order valence-corrected chi connectivity index (χ1v) is 8.53. The molecule has 1 fully saturated rings. The highest BCUT2D eigenvalue weighted by atomic mass is 19.4. The zero-order chi connectivity index (χ0) is 20.7. The van der Waals surface area contributed by atoms with Gasteiger partial charge >= 0.3 is 12.1 Å². The molecule has 28 heavy (non-hydrogen) atoms. The number of carbonyl (C=O) groups excluding carboxylic acids is 1. The fourth-order valence-corrected chi connectivity index (χ4v) is 3.38. The fourth-order valence-electron chi connectivity index (χ4n) is 3.38. The monoisotopic (exact) mass is 399 g/mol. The lowest BCUT2D eigenvalue weighted by molar-refractivity contribution is -0.227. The van der Waals surface area contributed by atoms with Crippen molar-refractivity contribution in [1.82, 2.24) is 14.7 Å². The molecule has 1 aromatic carbocycles. The summed E-state index contributed by atoms with van der Waals surface area (Å²) in [6.45, 7) is 0.472. The van der Waals surface area contributed by atoms with Crippen molar-refractivity contribution in [2.45, 2.75) is 25.9 Å². The van der Waals surface area contributed by atoms with Crippen LogP contribution in [-0.2, 0) is 11.2 Å². The van der Waals surface area contributed by atoms with Crippen molar-refractivity contribution in [1.29, 1.82) is 0 Å². The van der Waals surface area contributed by atoms with E-state index >= 15 is 0 Å². The largest absolute Gasteiger partial charge is 0.481 e. The maximum Gasteiger partial charge on any atom is 0.406 e. The molecule has 6 nitrogen and oxygen atoms in total. The van der Waals surface area contributed by atoms with Gasteiger partial charge < -0.3 is 10.0 Å². The molecule has 1 aliphatic heterocycles. The van der Waals surface area contributed by atoms with Crippen molar-refractivity contribution in [3.63, 3.8) is 0 Å². The van der Waals surface area contributed by atoms with E-state index in [-0.39, 0.29) is 12.1 Å². The molecule has 1 N–H and O–H groups in total. The van der Waals surface area contributed by atoms with E-state index in [0.717, 1.165) is 4.90 Å². The second-order valence-electron chi connectivity index (χ2n) is 6.61. The predicted molar refractivity (Wildman–Crippen MR) is 89.5 cm³/mol. The summed E-state index contributed by atoms with van der Waals surface area (Å²) in [5.41, 5.74) is -1.94. The zero-order valence-corrected chi connectivity index (χ0v) is 14.8. The third kappa shape index (κ3) is 3.12. The van der Waals surface area contributed by atoms with Gasteiger partial charge in [-0.25, -0.2) is 9.07 Å². The first-order chi connectivity index (χ1) is 13.1. The van der Waals surface area contributed by atoms with Crippen LogP contribution >= 0.6 is 0 Å². The lowest BCUT2D eigenvalue weighted by Crippen LogP contribution is -2.47. The molecule has 1 saturated heterocycles. The number of halogens is 4. The standard InChI is InChI=1S/C18H17F4N3O3/c1-2-14-13(9-23-25(14)12-5-3-11(19)4-6-12)15(26)24-8-7-17(10-24,16(27)28)18(20,21)22/h3-6,9H,2,7-8,10H2,1H3,(H,27,28). The first kappa shape index (κ1) is 19.8. The van der Waals surface area contributed by atoms with E-state index < -0.39 is 42.3 Å². The molecule has 0 radical (unpaired) electrons. The normalized spacial score (nSPS) is 19.8. The van der Waals surface area contributed by atoms with Crippen molar-refractivity contribution in [3.8, 4) is 5.69 Å². The van der Waals surface area contributed by atoms with Crippen molar-refractivity contribution < 1.29 is 32.3 Å². The SMILES string of the molecule is CCc1c(C(=O)N2CCC(C(=O)O)(C(F)(F)F)C2)cnn1-c1ccc(F)cc1. The number of aliphatic carboxylic acids is 1. The molecule has 0 aliphatic carbocycles. The van der Waals surface area contributed by atoms with Gasteiger partial charge in [0.15, 0.2) is 5.41 Å². The second kappa shape index (κ2) is 6.92. The minimum absolute atomic E-state index is 0.0928. The van der Waals surface area contributed by atoms with E-state index in [9.17, 15) is 27.2 Å². The Balaban J connectivity index is 1.92. The van der Waals surface area contributed by atoms with Gasteiger partial charge in [-0.05, 0) is 37.1 Å². The zero-order valence-electron chi connectivity index (χ0n) is 14.8. The Kier molecular flexibility index (Phi) is 4.90. The smallest absolute Gasteiger partial charge is 0.406 e. The topological polar surface area (TPSA) is 75.4 Å². The number of aromatic nitrogens is 2. The van der Waals surface area contributed by atoms with Gasteiger partial charge in [-0.15, -0.1) is 0 Å². The molecule has 1 atom stereocenters. The molecule has 2 aromatic rings. The van der Waals surface area contributed by atoms with Crippen LogP contribution in [0.15, 0.2) is 30.5 Å². The summed E-state index contributed by atoms with van der Waals surface area (Å²) in [7, 11) is 0. The van der Waals surface area contributed by atoms with Crippen LogP contribution < -0.4 is 0 Å². The highest BCUT2D eigenvalue weighted by Gasteiger charge is 2.64. The average molecular weight is 399 g/mol. The predicted octanol–water partition coefficient (Wildman–Crippen LogP) is 3.05. The van der Waals surface area contributed by atoms with Crippen molar-refractivity contribution in [2.24, 2.45) is 5.41 Å². The van der Waals surface area contributed by atoms with Crippen LogP contribution in [-0.4, -0.2) is 50.9 Å². The van der Waals surface area contributed by atoms with Gasteiger partial charge in [0.25, 0.3) is 5.91 Å². The molecule has 1 aromatic heterocycles. The summed E-state index contributed by atoms with van der Waals surface area (Å²) in [5, 5.41) is 13.2. The minimum atomic E-state index is -4.97. The van der Waals surface area contributed by atoms with Gasteiger partial charge in [0.1, 0.15) is 5.82 Å². The van der Waals surface area contributed by atoms with Gasteiger partial charge in [-0.3, -0.25) is 9.59 Å². The summed E-state index contributed by atoms with van der Waals surface area (Å²) in [5.74, 6) is -3.15. The maximum atomic E-state index is 13.3. The summed E-state index contributed by atoms with van der Waals surface area (Å²) in [4.78, 5) is 25.0. The van der Waals surface area contributed by atoms with Gasteiger partial charge in [0.2, 0.25) is 0 Å². The third-order valence-electron chi connectivity index (χ3n) is 5.01. The Labute approximate surface area is 157 Å². The van der Waals surface area contributed by atoms with Crippen LogP contribution in [0.2, 0.25) is 0 Å².